The zero-order valence-corrected chi connectivity index (χ0v) is 14.4. The van der Waals surface area contributed by atoms with E-state index in [2.05, 4.69) is 20.3 Å². The van der Waals surface area contributed by atoms with Gasteiger partial charge in [-0.2, -0.15) is 0 Å². The Kier molecular flexibility index (Phi) is 4.13. The highest BCUT2D eigenvalue weighted by Gasteiger charge is 2.13. The maximum Gasteiger partial charge on any atom is 0.259 e. The molecule has 5 nitrogen and oxygen atoms in total. The van der Waals surface area contributed by atoms with Gasteiger partial charge in [-0.25, -0.2) is 9.97 Å². The van der Waals surface area contributed by atoms with E-state index in [0.29, 0.717) is 22.1 Å². The van der Waals surface area contributed by atoms with Crippen LogP contribution in [-0.4, -0.2) is 20.9 Å². The van der Waals surface area contributed by atoms with Gasteiger partial charge in [0.25, 0.3) is 5.91 Å². The minimum atomic E-state index is -0.355. The average Bonchev–Trinajstić information content (AvgIpc) is 3.06. The number of para-hydroxylation sites is 1. The smallest absolute Gasteiger partial charge is 0.259 e. The Balaban J connectivity index is 1.63. The zero-order chi connectivity index (χ0) is 17.2. The number of carbonyl (C=O) groups excluding carboxylic acids is 1. The summed E-state index contributed by atoms with van der Waals surface area (Å²) < 4.78 is 1.09. The van der Waals surface area contributed by atoms with Gasteiger partial charge in [-0.05, 0) is 30.3 Å². The second-order valence-electron chi connectivity index (χ2n) is 5.20. The summed E-state index contributed by atoms with van der Waals surface area (Å²) in [5.41, 5.74) is 1.94. The molecule has 0 fully saturated rings. The van der Waals surface area contributed by atoms with E-state index < -0.39 is 0 Å². The van der Waals surface area contributed by atoms with Crippen LogP contribution in [0.25, 0.3) is 20.9 Å². The van der Waals surface area contributed by atoms with Gasteiger partial charge in [-0.15, -0.1) is 11.3 Å². The SMILES string of the molecule is O=C(Nc1cccc(-c2nc3ccccc3s2)n1)c1cnccc1Cl. The Morgan fingerprint density at radius 2 is 1.92 bits per heavy atom. The summed E-state index contributed by atoms with van der Waals surface area (Å²) in [6.45, 7) is 0. The molecular weight excluding hydrogens is 356 g/mol. The highest BCUT2D eigenvalue weighted by molar-refractivity contribution is 7.21. The summed E-state index contributed by atoms with van der Waals surface area (Å²) in [6.07, 6.45) is 2.96. The molecule has 3 aromatic heterocycles. The molecule has 1 aromatic carbocycles. The predicted octanol–water partition coefficient (Wildman–Crippen LogP) is 4.66. The Morgan fingerprint density at radius 1 is 1.04 bits per heavy atom. The molecule has 7 heteroatoms. The number of hydrogen-bond donors (Lipinski definition) is 1. The van der Waals surface area contributed by atoms with Gasteiger partial charge in [0.15, 0.2) is 0 Å². The van der Waals surface area contributed by atoms with E-state index in [1.165, 1.54) is 12.4 Å². The fourth-order valence-electron chi connectivity index (χ4n) is 2.33. The fraction of sp³-hybridized carbons (Fsp3) is 0. The van der Waals surface area contributed by atoms with Gasteiger partial charge >= 0.3 is 0 Å². The number of carbonyl (C=O) groups is 1. The van der Waals surface area contributed by atoms with Crippen molar-refractivity contribution in [2.24, 2.45) is 0 Å². The standard InChI is InChI=1S/C18H11ClN4OS/c19-12-8-9-20-10-11(12)17(24)23-16-7-3-5-14(21-16)18-22-13-4-1-2-6-15(13)25-18/h1-10H,(H,21,23,24). The van der Waals surface area contributed by atoms with Gasteiger partial charge in [0, 0.05) is 12.4 Å². The molecule has 0 bridgehead atoms. The zero-order valence-electron chi connectivity index (χ0n) is 12.8. The van der Waals surface area contributed by atoms with Crippen LogP contribution in [0.1, 0.15) is 10.4 Å². The summed E-state index contributed by atoms with van der Waals surface area (Å²) in [6, 6.07) is 14.9. The van der Waals surface area contributed by atoms with Crippen molar-refractivity contribution in [3.63, 3.8) is 0 Å². The van der Waals surface area contributed by atoms with Gasteiger partial charge in [-0.1, -0.05) is 29.8 Å². The van der Waals surface area contributed by atoms with Crippen molar-refractivity contribution in [2.75, 3.05) is 5.32 Å². The van der Waals surface area contributed by atoms with Gasteiger partial charge < -0.3 is 5.32 Å². The van der Waals surface area contributed by atoms with Gasteiger partial charge in [0.05, 0.1) is 20.8 Å². The monoisotopic (exact) mass is 366 g/mol. The van der Waals surface area contributed by atoms with Crippen molar-refractivity contribution in [3.05, 3.63) is 71.5 Å². The molecule has 0 spiro atoms. The Bertz CT molecular complexity index is 1050. The van der Waals surface area contributed by atoms with Crippen LogP contribution in [0.2, 0.25) is 5.02 Å². The molecule has 25 heavy (non-hydrogen) atoms. The van der Waals surface area contributed by atoms with Crippen LogP contribution in [0.3, 0.4) is 0 Å². The molecule has 0 aliphatic rings. The maximum absolute atomic E-state index is 12.3. The van der Waals surface area contributed by atoms with Crippen molar-refractivity contribution in [1.82, 2.24) is 15.0 Å². The molecule has 0 radical (unpaired) electrons. The van der Waals surface area contributed by atoms with Gasteiger partial charge in [0.1, 0.15) is 16.5 Å². The van der Waals surface area contributed by atoms with Crippen molar-refractivity contribution >= 4 is 44.9 Å². The average molecular weight is 367 g/mol. The van der Waals surface area contributed by atoms with Crippen molar-refractivity contribution in [1.29, 1.82) is 0 Å². The number of amides is 1. The van der Waals surface area contributed by atoms with Crippen LogP contribution < -0.4 is 5.32 Å². The molecule has 0 aliphatic heterocycles. The fourth-order valence-corrected chi connectivity index (χ4v) is 3.46. The minimum Gasteiger partial charge on any atom is -0.306 e. The quantitative estimate of drug-likeness (QED) is 0.572. The van der Waals surface area contributed by atoms with E-state index >= 15 is 0 Å². The normalized spacial score (nSPS) is 10.8. The molecule has 1 amide bonds. The minimum absolute atomic E-state index is 0.302. The molecule has 0 saturated carbocycles. The maximum atomic E-state index is 12.3. The highest BCUT2D eigenvalue weighted by Crippen LogP contribution is 2.29. The van der Waals surface area contributed by atoms with Crippen molar-refractivity contribution in [3.8, 4) is 10.7 Å². The largest absolute Gasteiger partial charge is 0.306 e. The summed E-state index contributed by atoms with van der Waals surface area (Å²) in [5.74, 6) is 0.0775. The summed E-state index contributed by atoms with van der Waals surface area (Å²) >= 11 is 7.59. The number of nitrogens with one attached hydrogen (secondary N) is 1. The number of rotatable bonds is 3. The number of benzene rings is 1. The lowest BCUT2D eigenvalue weighted by Gasteiger charge is -2.06. The predicted molar refractivity (Wildman–Crippen MR) is 100 cm³/mol. The van der Waals surface area contributed by atoms with E-state index in [4.69, 9.17) is 11.6 Å². The molecule has 0 unspecified atom stereocenters. The Hall–Kier alpha value is -2.83. The number of thiazole rings is 1. The van der Waals surface area contributed by atoms with Crippen LogP contribution in [0.5, 0.6) is 0 Å². The van der Waals surface area contributed by atoms with Crippen LogP contribution in [0, 0.1) is 0 Å². The first-order valence-electron chi connectivity index (χ1n) is 7.44. The van der Waals surface area contributed by atoms with Crippen LogP contribution in [0.15, 0.2) is 60.9 Å². The number of hydrogen-bond acceptors (Lipinski definition) is 5. The summed E-state index contributed by atoms with van der Waals surface area (Å²) in [7, 11) is 0. The number of pyridine rings is 2. The number of anilines is 1. The molecule has 0 saturated heterocycles. The van der Waals surface area contributed by atoms with Crippen LogP contribution in [-0.2, 0) is 0 Å². The molecule has 1 N–H and O–H groups in total. The second kappa shape index (κ2) is 6.58. The van der Waals surface area contributed by atoms with Crippen molar-refractivity contribution in [2.45, 2.75) is 0 Å². The van der Waals surface area contributed by atoms with Gasteiger partial charge in [-0.3, -0.25) is 9.78 Å². The number of aromatic nitrogens is 3. The third-order valence-electron chi connectivity index (χ3n) is 3.52. The van der Waals surface area contributed by atoms with E-state index in [9.17, 15) is 4.79 Å². The van der Waals surface area contributed by atoms with E-state index in [-0.39, 0.29) is 5.91 Å². The molecule has 4 aromatic rings. The van der Waals surface area contributed by atoms with E-state index in [0.717, 1.165) is 15.2 Å². The third-order valence-corrected chi connectivity index (χ3v) is 4.90. The van der Waals surface area contributed by atoms with Crippen LogP contribution in [0.4, 0.5) is 5.82 Å². The lowest BCUT2D eigenvalue weighted by molar-refractivity contribution is 0.102. The van der Waals surface area contributed by atoms with Crippen LogP contribution >= 0.6 is 22.9 Å². The number of fused-ring (bicyclic) bond motifs is 1. The summed E-state index contributed by atoms with van der Waals surface area (Å²) in [5, 5.41) is 3.89. The second-order valence-corrected chi connectivity index (χ2v) is 6.64. The van der Waals surface area contributed by atoms with E-state index in [1.54, 1.807) is 23.5 Å². The Labute approximate surface area is 152 Å². The molecule has 0 atom stereocenters. The molecule has 4 rings (SSSR count). The summed E-state index contributed by atoms with van der Waals surface area (Å²) in [4.78, 5) is 25.3. The molecular formula is C18H11ClN4OS. The lowest BCUT2D eigenvalue weighted by Crippen LogP contribution is -2.13. The number of halogens is 1. The number of nitrogens with zero attached hydrogens (tertiary/aromatic N) is 3. The first-order chi connectivity index (χ1) is 12.2. The Morgan fingerprint density at radius 3 is 2.76 bits per heavy atom. The molecule has 122 valence electrons. The van der Waals surface area contributed by atoms with E-state index in [1.807, 2.05) is 36.4 Å². The highest BCUT2D eigenvalue weighted by atomic mass is 35.5. The topological polar surface area (TPSA) is 67.8 Å². The molecule has 0 aliphatic carbocycles. The first kappa shape index (κ1) is 15.7. The molecule has 3 heterocycles. The van der Waals surface area contributed by atoms with Gasteiger partial charge in [0.2, 0.25) is 0 Å². The third kappa shape index (κ3) is 3.22. The van der Waals surface area contributed by atoms with Crippen molar-refractivity contribution < 1.29 is 4.79 Å². The lowest BCUT2D eigenvalue weighted by atomic mass is 10.2. The first-order valence-corrected chi connectivity index (χ1v) is 8.64.